The molecule has 1 aliphatic carbocycles. The SMILES string of the molecule is C=C(/C=C(\C(CCCC)=N/N)c1ccc(OC2CCCCC2)cc1)OC1CCN(CCOC)CC1. The highest BCUT2D eigenvalue weighted by atomic mass is 16.5. The zero-order valence-corrected chi connectivity index (χ0v) is 21.8. The number of ether oxygens (including phenoxy) is 3. The molecular weight excluding hydrogens is 438 g/mol. The molecule has 0 spiro atoms. The van der Waals surface area contributed by atoms with Crippen LogP contribution in [0.5, 0.6) is 5.75 Å². The van der Waals surface area contributed by atoms with Crippen molar-refractivity contribution in [2.45, 2.75) is 83.3 Å². The summed E-state index contributed by atoms with van der Waals surface area (Å²) >= 11 is 0. The van der Waals surface area contributed by atoms with Crippen LogP contribution in [0.25, 0.3) is 5.57 Å². The first kappa shape index (κ1) is 27.3. The van der Waals surface area contributed by atoms with E-state index in [1.807, 2.05) is 6.08 Å². The van der Waals surface area contributed by atoms with E-state index in [-0.39, 0.29) is 6.10 Å². The quantitative estimate of drug-likeness (QED) is 0.124. The third kappa shape index (κ3) is 9.01. The summed E-state index contributed by atoms with van der Waals surface area (Å²) in [6, 6.07) is 8.32. The molecule has 3 rings (SSSR count). The van der Waals surface area contributed by atoms with Crippen LogP contribution in [-0.4, -0.2) is 56.2 Å². The first-order valence-electron chi connectivity index (χ1n) is 13.5. The lowest BCUT2D eigenvalue weighted by atomic mass is 9.96. The molecule has 0 bridgehead atoms. The topological polar surface area (TPSA) is 69.3 Å². The van der Waals surface area contributed by atoms with E-state index in [1.165, 1.54) is 19.3 Å². The van der Waals surface area contributed by atoms with Gasteiger partial charge in [0.1, 0.15) is 17.6 Å². The number of hydrogen-bond acceptors (Lipinski definition) is 6. The highest BCUT2D eigenvalue weighted by molar-refractivity contribution is 6.24. The van der Waals surface area contributed by atoms with Crippen molar-refractivity contribution < 1.29 is 14.2 Å². The highest BCUT2D eigenvalue weighted by Gasteiger charge is 2.21. The number of nitrogens with two attached hydrogens (primary N) is 1. The Balaban J connectivity index is 1.67. The van der Waals surface area contributed by atoms with Crippen molar-refractivity contribution in [2.75, 3.05) is 33.4 Å². The van der Waals surface area contributed by atoms with E-state index in [0.29, 0.717) is 11.9 Å². The van der Waals surface area contributed by atoms with Gasteiger partial charge in [0, 0.05) is 32.3 Å². The molecule has 1 aromatic rings. The summed E-state index contributed by atoms with van der Waals surface area (Å²) < 4.78 is 17.7. The van der Waals surface area contributed by atoms with Crippen LogP contribution >= 0.6 is 0 Å². The molecule has 1 saturated heterocycles. The molecule has 0 unspecified atom stereocenters. The summed E-state index contributed by atoms with van der Waals surface area (Å²) in [5.74, 6) is 7.45. The van der Waals surface area contributed by atoms with E-state index in [0.717, 1.165) is 93.8 Å². The van der Waals surface area contributed by atoms with Crippen molar-refractivity contribution in [3.05, 3.63) is 48.2 Å². The van der Waals surface area contributed by atoms with Crippen LogP contribution in [0.15, 0.2) is 47.8 Å². The Kier molecular flexibility index (Phi) is 11.6. The standard InChI is InChI=1S/C29H45N3O3/c1-4-5-11-29(31-30)28(22-23(2)34-27-16-18-32(19-17-27)20-21-33-3)24-12-14-26(15-13-24)35-25-9-7-6-8-10-25/h12-15,22,25,27H,2,4-11,16-21,30H2,1,3H3/b28-22-,31-29-. The maximum absolute atomic E-state index is 6.27. The first-order chi connectivity index (χ1) is 17.1. The molecule has 0 aromatic heterocycles. The smallest absolute Gasteiger partial charge is 0.119 e. The molecule has 2 aliphatic rings. The van der Waals surface area contributed by atoms with Gasteiger partial charge in [0.05, 0.1) is 18.4 Å². The fourth-order valence-corrected chi connectivity index (χ4v) is 4.91. The monoisotopic (exact) mass is 483 g/mol. The van der Waals surface area contributed by atoms with Crippen LogP contribution in [0.3, 0.4) is 0 Å². The van der Waals surface area contributed by atoms with Crippen LogP contribution in [0.1, 0.15) is 76.7 Å². The number of benzene rings is 1. The third-order valence-corrected chi connectivity index (χ3v) is 7.02. The number of piperidine rings is 1. The molecule has 0 radical (unpaired) electrons. The maximum atomic E-state index is 6.27. The number of unbranched alkanes of at least 4 members (excludes halogenated alkanes) is 1. The molecule has 6 heteroatoms. The lowest BCUT2D eigenvalue weighted by Gasteiger charge is -2.32. The fraction of sp³-hybridized carbons (Fsp3) is 0.621. The second kappa shape index (κ2) is 14.9. The largest absolute Gasteiger partial charge is 0.491 e. The summed E-state index contributed by atoms with van der Waals surface area (Å²) in [7, 11) is 1.75. The molecule has 35 heavy (non-hydrogen) atoms. The van der Waals surface area contributed by atoms with E-state index in [9.17, 15) is 0 Å². The van der Waals surface area contributed by atoms with Crippen molar-refractivity contribution >= 4 is 11.3 Å². The lowest BCUT2D eigenvalue weighted by molar-refractivity contribution is 0.0464. The number of allylic oxidation sites excluding steroid dienone is 2. The number of rotatable bonds is 13. The van der Waals surface area contributed by atoms with E-state index >= 15 is 0 Å². The molecule has 1 heterocycles. The Hall–Kier alpha value is -2.31. The number of methoxy groups -OCH3 is 1. The van der Waals surface area contributed by atoms with Gasteiger partial charge in [-0.05, 0) is 75.1 Å². The van der Waals surface area contributed by atoms with Crippen molar-refractivity contribution in [1.82, 2.24) is 4.90 Å². The van der Waals surface area contributed by atoms with Crippen molar-refractivity contribution in [1.29, 1.82) is 0 Å². The second-order valence-electron chi connectivity index (χ2n) is 9.76. The molecule has 2 N–H and O–H groups in total. The summed E-state index contributed by atoms with van der Waals surface area (Å²) in [6.07, 6.45) is 13.6. The van der Waals surface area contributed by atoms with Crippen LogP contribution in [-0.2, 0) is 9.47 Å². The van der Waals surface area contributed by atoms with Crippen molar-refractivity contribution in [3.63, 3.8) is 0 Å². The number of nitrogens with zero attached hydrogens (tertiary/aromatic N) is 2. The van der Waals surface area contributed by atoms with Gasteiger partial charge >= 0.3 is 0 Å². The van der Waals surface area contributed by atoms with E-state index in [2.05, 4.69) is 47.8 Å². The van der Waals surface area contributed by atoms with E-state index in [1.54, 1.807) is 7.11 Å². The highest BCUT2D eigenvalue weighted by Crippen LogP contribution is 2.27. The summed E-state index contributed by atoms with van der Waals surface area (Å²) in [6.45, 7) is 10.2. The van der Waals surface area contributed by atoms with Gasteiger partial charge in [0.15, 0.2) is 0 Å². The normalized spacial score (nSPS) is 19.0. The fourth-order valence-electron chi connectivity index (χ4n) is 4.91. The average molecular weight is 484 g/mol. The van der Waals surface area contributed by atoms with E-state index in [4.69, 9.17) is 20.1 Å². The van der Waals surface area contributed by atoms with Crippen LogP contribution in [0.4, 0.5) is 0 Å². The zero-order valence-electron chi connectivity index (χ0n) is 21.8. The maximum Gasteiger partial charge on any atom is 0.119 e. The molecule has 194 valence electrons. The lowest BCUT2D eigenvalue weighted by Crippen LogP contribution is -2.38. The summed E-state index contributed by atoms with van der Waals surface area (Å²) in [4.78, 5) is 2.42. The molecule has 1 aliphatic heterocycles. The minimum absolute atomic E-state index is 0.180. The molecular formula is C29H45N3O3. The molecule has 1 aromatic carbocycles. The van der Waals surface area contributed by atoms with Gasteiger partial charge in [-0.25, -0.2) is 0 Å². The van der Waals surface area contributed by atoms with Crippen molar-refractivity contribution in [2.24, 2.45) is 10.9 Å². The molecule has 1 saturated carbocycles. The number of hydrazone groups is 1. The van der Waals surface area contributed by atoms with Gasteiger partial charge in [0.2, 0.25) is 0 Å². The molecule has 6 nitrogen and oxygen atoms in total. The zero-order chi connectivity index (χ0) is 24.9. The number of likely N-dealkylation sites (tertiary alicyclic amines) is 1. The van der Waals surface area contributed by atoms with Crippen LogP contribution in [0.2, 0.25) is 0 Å². The Labute approximate surface area is 212 Å². The number of hydrogen-bond donors (Lipinski definition) is 1. The summed E-state index contributed by atoms with van der Waals surface area (Å²) in [5.41, 5.74) is 2.92. The minimum Gasteiger partial charge on any atom is -0.491 e. The second-order valence-corrected chi connectivity index (χ2v) is 9.76. The van der Waals surface area contributed by atoms with E-state index < -0.39 is 0 Å². The minimum atomic E-state index is 0.180. The molecule has 2 fully saturated rings. The predicted octanol–water partition coefficient (Wildman–Crippen LogP) is 5.93. The Morgan fingerprint density at radius 2 is 1.80 bits per heavy atom. The van der Waals surface area contributed by atoms with Gasteiger partial charge in [-0.3, -0.25) is 0 Å². The third-order valence-electron chi connectivity index (χ3n) is 7.02. The molecule has 0 atom stereocenters. The average Bonchev–Trinajstić information content (AvgIpc) is 2.89. The van der Waals surface area contributed by atoms with Crippen LogP contribution < -0.4 is 10.6 Å². The van der Waals surface area contributed by atoms with Crippen molar-refractivity contribution in [3.8, 4) is 5.75 Å². The van der Waals surface area contributed by atoms with Gasteiger partial charge in [-0.15, -0.1) is 0 Å². The Morgan fingerprint density at radius 3 is 2.43 bits per heavy atom. The Morgan fingerprint density at radius 1 is 1.09 bits per heavy atom. The predicted molar refractivity (Wildman–Crippen MR) is 145 cm³/mol. The van der Waals surface area contributed by atoms with Gasteiger partial charge in [-0.2, -0.15) is 5.10 Å². The van der Waals surface area contributed by atoms with Gasteiger partial charge in [-0.1, -0.05) is 38.5 Å². The summed E-state index contributed by atoms with van der Waals surface area (Å²) in [5, 5.41) is 4.16. The van der Waals surface area contributed by atoms with Crippen LogP contribution in [0, 0.1) is 0 Å². The Bertz CT molecular complexity index is 820. The van der Waals surface area contributed by atoms with Gasteiger partial charge in [0.25, 0.3) is 0 Å². The first-order valence-corrected chi connectivity index (χ1v) is 13.5. The molecule has 0 amide bonds. The van der Waals surface area contributed by atoms with Gasteiger partial charge < -0.3 is 25.0 Å².